The first-order valence-electron chi connectivity index (χ1n) is 5.02. The number of nitrogens with two attached hydrogens (primary N) is 1. The zero-order valence-corrected chi connectivity index (χ0v) is 10.6. The van der Waals surface area contributed by atoms with Gasteiger partial charge in [0.1, 0.15) is 0 Å². The highest BCUT2D eigenvalue weighted by Crippen LogP contribution is 2.17. The molecular formula is C12H12ClN3S. The van der Waals surface area contributed by atoms with Gasteiger partial charge in [-0.2, -0.15) is 0 Å². The number of anilines is 2. The Morgan fingerprint density at radius 1 is 0.824 bits per heavy atom. The first kappa shape index (κ1) is 12.1. The van der Waals surface area contributed by atoms with Crippen LogP contribution in [0.25, 0.3) is 0 Å². The fourth-order valence-corrected chi connectivity index (χ4v) is 1.71. The largest absolute Gasteiger partial charge is 0.301 e. The molecule has 0 spiro atoms. The zero-order valence-electron chi connectivity index (χ0n) is 8.98. The first-order valence-corrected chi connectivity index (χ1v) is 6.28. The second kappa shape index (κ2) is 5.82. The van der Waals surface area contributed by atoms with Gasteiger partial charge in [-0.05, 0) is 60.5 Å². The number of hydrazine groups is 1. The first-order chi connectivity index (χ1) is 8.28. The Morgan fingerprint density at radius 3 is 1.76 bits per heavy atom. The summed E-state index contributed by atoms with van der Waals surface area (Å²) in [5, 5.41) is 6.17. The fraction of sp³-hybridized carbons (Fsp3) is 0. The molecule has 0 amide bonds. The van der Waals surface area contributed by atoms with Gasteiger partial charge in [-0.1, -0.05) is 11.6 Å². The minimum atomic E-state index is 0.722. The van der Waals surface area contributed by atoms with Crippen LogP contribution in [0.2, 0.25) is 5.02 Å². The lowest BCUT2D eigenvalue weighted by molar-refractivity contribution is 1.38. The molecule has 3 nitrogen and oxygen atoms in total. The van der Waals surface area contributed by atoms with Gasteiger partial charge < -0.3 is 10.9 Å². The molecule has 0 bridgehead atoms. The molecule has 88 valence electrons. The smallest absolute Gasteiger partial charge is 0.0540 e. The summed E-state index contributed by atoms with van der Waals surface area (Å²) in [6, 6.07) is 15.3. The van der Waals surface area contributed by atoms with E-state index in [9.17, 15) is 0 Å². The Bertz CT molecular complexity index is 470. The number of halogens is 1. The maximum absolute atomic E-state index is 5.80. The van der Waals surface area contributed by atoms with E-state index in [-0.39, 0.29) is 0 Å². The van der Waals surface area contributed by atoms with Gasteiger partial charge in [0.15, 0.2) is 0 Å². The standard InChI is InChI=1S/C12H12ClN3S/c13-9-1-3-10(4-2-9)15-16-11-5-7-12(17-14)8-6-11/h1-8,15-16H,14H2. The summed E-state index contributed by atoms with van der Waals surface area (Å²) in [5.41, 5.74) is 8.09. The molecule has 0 saturated carbocycles. The highest BCUT2D eigenvalue weighted by atomic mass is 35.5. The van der Waals surface area contributed by atoms with Crippen LogP contribution in [0.4, 0.5) is 11.4 Å². The quantitative estimate of drug-likeness (QED) is 0.582. The molecule has 17 heavy (non-hydrogen) atoms. The van der Waals surface area contributed by atoms with E-state index in [1.165, 1.54) is 11.9 Å². The molecule has 0 saturated heterocycles. The average Bonchev–Trinajstić information content (AvgIpc) is 2.39. The molecule has 0 aliphatic rings. The number of rotatable bonds is 4. The molecule has 0 fully saturated rings. The van der Waals surface area contributed by atoms with Crippen molar-refractivity contribution >= 4 is 34.9 Å². The van der Waals surface area contributed by atoms with Crippen molar-refractivity contribution in [2.45, 2.75) is 4.90 Å². The Morgan fingerprint density at radius 2 is 1.29 bits per heavy atom. The Labute approximate surface area is 109 Å². The third kappa shape index (κ3) is 3.56. The Hall–Kier alpha value is -1.36. The molecule has 0 aliphatic carbocycles. The van der Waals surface area contributed by atoms with Gasteiger partial charge in [0.25, 0.3) is 0 Å². The molecule has 0 radical (unpaired) electrons. The monoisotopic (exact) mass is 265 g/mol. The molecule has 2 rings (SSSR count). The van der Waals surface area contributed by atoms with Crippen LogP contribution in [0.3, 0.4) is 0 Å². The van der Waals surface area contributed by atoms with Crippen LogP contribution in [0.5, 0.6) is 0 Å². The summed E-state index contributed by atoms with van der Waals surface area (Å²) in [5.74, 6) is 0. The Kier molecular flexibility index (Phi) is 4.14. The summed E-state index contributed by atoms with van der Waals surface area (Å²) >= 11 is 7.03. The second-order valence-corrected chi connectivity index (χ2v) is 4.54. The van der Waals surface area contributed by atoms with Gasteiger partial charge in [0, 0.05) is 9.92 Å². The number of nitrogens with one attached hydrogen (secondary N) is 2. The maximum Gasteiger partial charge on any atom is 0.0540 e. The van der Waals surface area contributed by atoms with E-state index < -0.39 is 0 Å². The lowest BCUT2D eigenvalue weighted by Gasteiger charge is -2.09. The molecular weight excluding hydrogens is 254 g/mol. The number of hydrogen-bond donors (Lipinski definition) is 3. The minimum Gasteiger partial charge on any atom is -0.301 e. The summed E-state index contributed by atoms with van der Waals surface area (Å²) in [6.07, 6.45) is 0. The summed E-state index contributed by atoms with van der Waals surface area (Å²) in [7, 11) is 0. The van der Waals surface area contributed by atoms with Crippen LogP contribution in [0.1, 0.15) is 0 Å². The van der Waals surface area contributed by atoms with E-state index in [2.05, 4.69) is 10.9 Å². The van der Waals surface area contributed by atoms with E-state index in [4.69, 9.17) is 16.7 Å². The van der Waals surface area contributed by atoms with Crippen LogP contribution in [0, 0.1) is 0 Å². The topological polar surface area (TPSA) is 50.1 Å². The molecule has 0 aromatic heterocycles. The molecule has 2 aromatic rings. The Balaban J connectivity index is 1.95. The van der Waals surface area contributed by atoms with E-state index in [1.807, 2.05) is 48.5 Å². The SMILES string of the molecule is NSc1ccc(NNc2ccc(Cl)cc2)cc1. The van der Waals surface area contributed by atoms with Crippen molar-refractivity contribution in [3.8, 4) is 0 Å². The minimum absolute atomic E-state index is 0.722. The van der Waals surface area contributed by atoms with Crippen molar-refractivity contribution in [2.24, 2.45) is 5.14 Å². The number of benzene rings is 2. The van der Waals surface area contributed by atoms with E-state index in [0.717, 1.165) is 21.3 Å². The third-order valence-electron chi connectivity index (χ3n) is 2.19. The van der Waals surface area contributed by atoms with Crippen molar-refractivity contribution < 1.29 is 0 Å². The molecule has 0 unspecified atom stereocenters. The summed E-state index contributed by atoms with van der Waals surface area (Å²) in [6.45, 7) is 0. The zero-order chi connectivity index (χ0) is 12.1. The van der Waals surface area contributed by atoms with Gasteiger partial charge in [0.2, 0.25) is 0 Å². The van der Waals surface area contributed by atoms with Crippen LogP contribution >= 0.6 is 23.5 Å². The van der Waals surface area contributed by atoms with Gasteiger partial charge in [-0.15, -0.1) is 0 Å². The number of hydrogen-bond acceptors (Lipinski definition) is 4. The third-order valence-corrected chi connectivity index (χ3v) is 2.98. The molecule has 0 heterocycles. The van der Waals surface area contributed by atoms with Gasteiger partial charge >= 0.3 is 0 Å². The van der Waals surface area contributed by atoms with E-state index >= 15 is 0 Å². The van der Waals surface area contributed by atoms with Crippen LogP contribution < -0.4 is 16.0 Å². The predicted molar refractivity (Wildman–Crippen MR) is 75.2 cm³/mol. The van der Waals surface area contributed by atoms with Crippen LogP contribution in [0.15, 0.2) is 53.4 Å². The highest BCUT2D eigenvalue weighted by molar-refractivity contribution is 7.97. The fourth-order valence-electron chi connectivity index (χ4n) is 1.29. The van der Waals surface area contributed by atoms with Crippen molar-refractivity contribution in [3.05, 3.63) is 53.6 Å². The second-order valence-electron chi connectivity index (χ2n) is 3.40. The predicted octanol–water partition coefficient (Wildman–Crippen LogP) is 3.74. The normalized spacial score (nSPS) is 10.0. The van der Waals surface area contributed by atoms with Crippen LogP contribution in [-0.4, -0.2) is 0 Å². The molecule has 0 aliphatic heterocycles. The lowest BCUT2D eigenvalue weighted by atomic mass is 10.3. The van der Waals surface area contributed by atoms with Crippen molar-refractivity contribution in [1.29, 1.82) is 0 Å². The molecule has 0 atom stereocenters. The van der Waals surface area contributed by atoms with Gasteiger partial charge in [0.05, 0.1) is 11.4 Å². The molecule has 2 aromatic carbocycles. The van der Waals surface area contributed by atoms with Crippen molar-refractivity contribution in [3.63, 3.8) is 0 Å². The summed E-state index contributed by atoms with van der Waals surface area (Å²) < 4.78 is 0. The lowest BCUT2D eigenvalue weighted by Crippen LogP contribution is -2.08. The van der Waals surface area contributed by atoms with Crippen molar-refractivity contribution in [1.82, 2.24) is 0 Å². The highest BCUT2D eigenvalue weighted by Gasteiger charge is 1.94. The maximum atomic E-state index is 5.80. The molecule has 4 N–H and O–H groups in total. The van der Waals surface area contributed by atoms with E-state index in [0.29, 0.717) is 0 Å². The van der Waals surface area contributed by atoms with Gasteiger partial charge in [-0.3, -0.25) is 5.14 Å². The van der Waals surface area contributed by atoms with E-state index in [1.54, 1.807) is 0 Å². The van der Waals surface area contributed by atoms with Crippen LogP contribution in [-0.2, 0) is 0 Å². The molecule has 5 heteroatoms. The van der Waals surface area contributed by atoms with Gasteiger partial charge in [-0.25, -0.2) is 0 Å². The average molecular weight is 266 g/mol. The summed E-state index contributed by atoms with van der Waals surface area (Å²) in [4.78, 5) is 1.03. The van der Waals surface area contributed by atoms with Crippen molar-refractivity contribution in [2.75, 3.05) is 10.9 Å².